The van der Waals surface area contributed by atoms with Crippen LogP contribution >= 0.6 is 22.9 Å². The molecule has 7 heteroatoms. The number of nitrogens with two attached hydrogens (primary N) is 1. The predicted octanol–water partition coefficient (Wildman–Crippen LogP) is 3.24. The van der Waals surface area contributed by atoms with Gasteiger partial charge in [0.25, 0.3) is 0 Å². The molecular weight excluding hydrogens is 328 g/mol. The average Bonchev–Trinajstić information content (AvgIpc) is 2.84. The summed E-state index contributed by atoms with van der Waals surface area (Å²) >= 11 is 7.24. The zero-order valence-electron chi connectivity index (χ0n) is 11.8. The highest BCUT2D eigenvalue weighted by Crippen LogP contribution is 2.25. The van der Waals surface area contributed by atoms with E-state index in [2.05, 4.69) is 0 Å². The number of halogens is 1. The third-order valence-corrected chi connectivity index (χ3v) is 6.15. The van der Waals surface area contributed by atoms with Crippen LogP contribution in [0.1, 0.15) is 23.4 Å². The van der Waals surface area contributed by atoms with Gasteiger partial charge < -0.3 is 5.73 Å². The topological polar surface area (TPSA) is 63.4 Å². The molecule has 2 N–H and O–H groups in total. The SMILES string of the molecule is CC(N)c1ccc(S(=O)(=O)N(C)Cc2ccc(Cl)s2)cc1. The van der Waals surface area contributed by atoms with Gasteiger partial charge in [0.15, 0.2) is 0 Å². The van der Waals surface area contributed by atoms with Crippen LogP contribution in [0.5, 0.6) is 0 Å². The maximum absolute atomic E-state index is 12.5. The molecule has 4 nitrogen and oxygen atoms in total. The van der Waals surface area contributed by atoms with Gasteiger partial charge in [0, 0.05) is 24.5 Å². The third kappa shape index (κ3) is 3.84. The normalized spacial score (nSPS) is 13.6. The number of hydrogen-bond acceptors (Lipinski definition) is 4. The second kappa shape index (κ2) is 6.46. The van der Waals surface area contributed by atoms with Crippen molar-refractivity contribution in [2.24, 2.45) is 5.73 Å². The molecule has 0 aliphatic heterocycles. The molecule has 1 heterocycles. The quantitative estimate of drug-likeness (QED) is 0.905. The Hall–Kier alpha value is -0.920. The lowest BCUT2D eigenvalue weighted by Gasteiger charge is -2.17. The van der Waals surface area contributed by atoms with E-state index in [1.807, 2.05) is 13.0 Å². The summed E-state index contributed by atoms with van der Waals surface area (Å²) in [6, 6.07) is 10.1. The van der Waals surface area contributed by atoms with Crippen molar-refractivity contribution in [1.82, 2.24) is 4.31 Å². The fourth-order valence-corrected chi connectivity index (χ4v) is 4.24. The van der Waals surface area contributed by atoms with Crippen molar-refractivity contribution in [3.8, 4) is 0 Å². The van der Waals surface area contributed by atoms with Gasteiger partial charge in [-0.25, -0.2) is 8.42 Å². The second-order valence-electron chi connectivity index (χ2n) is 4.82. The van der Waals surface area contributed by atoms with Crippen LogP contribution in [0.2, 0.25) is 4.34 Å². The Morgan fingerprint density at radius 1 is 1.24 bits per heavy atom. The van der Waals surface area contributed by atoms with Crippen molar-refractivity contribution in [3.05, 3.63) is 51.2 Å². The summed E-state index contributed by atoms with van der Waals surface area (Å²) in [6.45, 7) is 2.16. The van der Waals surface area contributed by atoms with Gasteiger partial charge in [-0.15, -0.1) is 11.3 Å². The van der Waals surface area contributed by atoms with Gasteiger partial charge >= 0.3 is 0 Å². The molecule has 0 saturated heterocycles. The molecule has 0 aliphatic carbocycles. The van der Waals surface area contributed by atoms with Crippen molar-refractivity contribution in [2.75, 3.05) is 7.05 Å². The zero-order chi connectivity index (χ0) is 15.6. The first kappa shape index (κ1) is 16.5. The van der Waals surface area contributed by atoms with Gasteiger partial charge in [0.1, 0.15) is 0 Å². The van der Waals surface area contributed by atoms with E-state index in [4.69, 9.17) is 17.3 Å². The van der Waals surface area contributed by atoms with Crippen molar-refractivity contribution in [3.63, 3.8) is 0 Å². The summed E-state index contributed by atoms with van der Waals surface area (Å²) < 4.78 is 26.9. The number of thiophene rings is 1. The smallest absolute Gasteiger partial charge is 0.243 e. The molecule has 0 spiro atoms. The molecule has 1 unspecified atom stereocenters. The summed E-state index contributed by atoms with van der Waals surface area (Å²) in [5.74, 6) is 0. The summed E-state index contributed by atoms with van der Waals surface area (Å²) in [6.07, 6.45) is 0. The van der Waals surface area contributed by atoms with Crippen molar-refractivity contribution < 1.29 is 8.42 Å². The molecule has 0 bridgehead atoms. The Labute approximate surface area is 134 Å². The highest BCUT2D eigenvalue weighted by atomic mass is 35.5. The summed E-state index contributed by atoms with van der Waals surface area (Å²) in [5, 5.41) is 0. The van der Waals surface area contributed by atoms with Crippen LogP contribution in [0.3, 0.4) is 0 Å². The molecule has 1 atom stereocenters. The standard InChI is InChI=1S/C14H17ClN2O2S2/c1-10(16)11-3-6-13(7-4-11)21(18,19)17(2)9-12-5-8-14(15)20-12/h3-8,10H,9,16H2,1-2H3. The van der Waals surface area contributed by atoms with Crippen LogP contribution in [0.25, 0.3) is 0 Å². The number of benzene rings is 1. The Kier molecular flexibility index (Phi) is 5.06. The maximum atomic E-state index is 12.5. The highest BCUT2D eigenvalue weighted by molar-refractivity contribution is 7.89. The molecule has 114 valence electrons. The lowest BCUT2D eigenvalue weighted by atomic mass is 10.1. The Bertz CT molecular complexity index is 709. The van der Waals surface area contributed by atoms with Gasteiger partial charge in [0.05, 0.1) is 9.23 Å². The molecule has 2 aromatic rings. The summed E-state index contributed by atoms with van der Waals surface area (Å²) in [4.78, 5) is 1.16. The molecule has 0 aliphatic rings. The van der Waals surface area contributed by atoms with Crippen molar-refractivity contribution in [2.45, 2.75) is 24.4 Å². The maximum Gasteiger partial charge on any atom is 0.243 e. The number of hydrogen-bond donors (Lipinski definition) is 1. The Morgan fingerprint density at radius 2 is 1.86 bits per heavy atom. The van der Waals surface area contributed by atoms with Crippen LogP contribution in [0, 0.1) is 0 Å². The predicted molar refractivity (Wildman–Crippen MR) is 87.0 cm³/mol. The second-order valence-corrected chi connectivity index (χ2v) is 8.67. The van der Waals surface area contributed by atoms with Crippen LogP contribution in [0.15, 0.2) is 41.3 Å². The van der Waals surface area contributed by atoms with Gasteiger partial charge in [0.2, 0.25) is 10.0 Å². The minimum atomic E-state index is -3.51. The fraction of sp³-hybridized carbons (Fsp3) is 0.286. The van der Waals surface area contributed by atoms with Crippen LogP contribution in [-0.4, -0.2) is 19.8 Å². The zero-order valence-corrected chi connectivity index (χ0v) is 14.2. The monoisotopic (exact) mass is 344 g/mol. The van der Waals surface area contributed by atoms with Gasteiger partial charge in [-0.1, -0.05) is 23.7 Å². The van der Waals surface area contributed by atoms with E-state index >= 15 is 0 Å². The summed E-state index contributed by atoms with van der Waals surface area (Å²) in [5.41, 5.74) is 6.67. The first-order valence-electron chi connectivity index (χ1n) is 6.37. The van der Waals surface area contributed by atoms with Crippen LogP contribution < -0.4 is 5.73 Å². The Balaban J connectivity index is 2.20. The number of sulfonamides is 1. The van der Waals surface area contributed by atoms with E-state index in [1.54, 1.807) is 37.4 Å². The fourth-order valence-electron chi connectivity index (χ4n) is 1.86. The number of rotatable bonds is 5. The lowest BCUT2D eigenvalue weighted by Crippen LogP contribution is -2.26. The lowest BCUT2D eigenvalue weighted by molar-refractivity contribution is 0.469. The first-order chi connectivity index (χ1) is 9.80. The van der Waals surface area contributed by atoms with E-state index in [0.717, 1.165) is 10.4 Å². The molecule has 21 heavy (non-hydrogen) atoms. The third-order valence-electron chi connectivity index (χ3n) is 3.12. The first-order valence-corrected chi connectivity index (χ1v) is 9.00. The minimum absolute atomic E-state index is 0.118. The molecule has 0 fully saturated rings. The summed E-state index contributed by atoms with van der Waals surface area (Å²) in [7, 11) is -1.96. The van der Waals surface area contributed by atoms with E-state index in [0.29, 0.717) is 10.9 Å². The van der Waals surface area contributed by atoms with E-state index in [1.165, 1.54) is 15.6 Å². The average molecular weight is 345 g/mol. The Morgan fingerprint density at radius 3 is 2.33 bits per heavy atom. The van der Waals surface area contributed by atoms with E-state index < -0.39 is 10.0 Å². The number of nitrogens with zero attached hydrogens (tertiary/aromatic N) is 1. The van der Waals surface area contributed by atoms with Crippen LogP contribution in [0.4, 0.5) is 0 Å². The largest absolute Gasteiger partial charge is 0.324 e. The minimum Gasteiger partial charge on any atom is -0.324 e. The molecule has 0 amide bonds. The molecule has 1 aromatic heterocycles. The van der Waals surface area contributed by atoms with Gasteiger partial charge in [-0.3, -0.25) is 0 Å². The molecule has 0 saturated carbocycles. The van der Waals surface area contributed by atoms with Crippen LogP contribution in [-0.2, 0) is 16.6 Å². The molecule has 1 aromatic carbocycles. The van der Waals surface area contributed by atoms with Crippen molar-refractivity contribution >= 4 is 33.0 Å². The van der Waals surface area contributed by atoms with Gasteiger partial charge in [-0.05, 0) is 36.8 Å². The molecular formula is C14H17ClN2O2S2. The van der Waals surface area contributed by atoms with Crippen molar-refractivity contribution in [1.29, 1.82) is 0 Å². The van der Waals surface area contributed by atoms with E-state index in [9.17, 15) is 8.42 Å². The van der Waals surface area contributed by atoms with Gasteiger partial charge in [-0.2, -0.15) is 4.31 Å². The highest BCUT2D eigenvalue weighted by Gasteiger charge is 2.21. The van der Waals surface area contributed by atoms with E-state index in [-0.39, 0.29) is 10.9 Å². The molecule has 0 radical (unpaired) electrons. The molecule has 2 rings (SSSR count).